The molecule has 1 heterocycles. The third-order valence-corrected chi connectivity index (χ3v) is 3.30. The van der Waals surface area contributed by atoms with Crippen LogP contribution in [-0.4, -0.2) is 30.2 Å². The van der Waals surface area contributed by atoms with Crippen LogP contribution in [0, 0.1) is 0 Å². The lowest BCUT2D eigenvalue weighted by atomic mass is 10.2. The molecular weight excluding hydrogens is 332 g/mol. The van der Waals surface area contributed by atoms with Crippen molar-refractivity contribution in [1.29, 1.82) is 0 Å². The molecule has 0 bridgehead atoms. The summed E-state index contributed by atoms with van der Waals surface area (Å²) in [5.41, 5.74) is 0.268. The van der Waals surface area contributed by atoms with E-state index in [1.165, 1.54) is 30.5 Å². The summed E-state index contributed by atoms with van der Waals surface area (Å²) in [6, 6.07) is 5.61. The molecule has 2 rings (SSSR count). The second-order valence-corrected chi connectivity index (χ2v) is 6.31. The number of nitrogens with zero attached hydrogens (tertiary/aromatic N) is 2. The van der Waals surface area contributed by atoms with Gasteiger partial charge < -0.3 is 4.74 Å². The maximum atomic E-state index is 12.6. The number of nitrogens with one attached hydrogen (secondary N) is 1. The van der Waals surface area contributed by atoms with Gasteiger partial charge in [-0.2, -0.15) is 8.78 Å². The normalized spacial score (nSPS) is 11.5. The third kappa shape index (κ3) is 4.74. The van der Waals surface area contributed by atoms with E-state index in [0.717, 1.165) is 12.5 Å². The highest BCUT2D eigenvalue weighted by molar-refractivity contribution is 7.92. The monoisotopic (exact) mass is 345 g/mol. The van der Waals surface area contributed by atoms with Crippen LogP contribution in [0.1, 0.15) is 22.7 Å². The first kappa shape index (κ1) is 16.9. The van der Waals surface area contributed by atoms with Gasteiger partial charge in [-0.05, 0) is 18.2 Å². The van der Waals surface area contributed by atoms with Crippen molar-refractivity contribution >= 4 is 21.7 Å². The fourth-order valence-electron chi connectivity index (χ4n) is 1.77. The van der Waals surface area contributed by atoms with Crippen molar-refractivity contribution in [2.24, 2.45) is 0 Å². The standard InChI is InChI=1S/C13H13F2N3O4S/c1-23(20,21)17-10-4-2-3-9(7-10)12(19)22-8-11-16-5-6-18(11)13(14)15/h2-7,13,17H,8H2,1H3. The van der Waals surface area contributed by atoms with Gasteiger partial charge in [0.1, 0.15) is 6.61 Å². The maximum absolute atomic E-state index is 12.6. The molecule has 0 atom stereocenters. The second kappa shape index (κ2) is 6.73. The molecule has 1 aromatic heterocycles. The second-order valence-electron chi connectivity index (χ2n) is 4.56. The lowest BCUT2D eigenvalue weighted by Gasteiger charge is -2.09. The fourth-order valence-corrected chi connectivity index (χ4v) is 2.33. The zero-order valence-electron chi connectivity index (χ0n) is 11.9. The molecule has 0 amide bonds. The summed E-state index contributed by atoms with van der Waals surface area (Å²) in [5, 5.41) is 0. The van der Waals surface area contributed by atoms with Crippen molar-refractivity contribution in [3.05, 3.63) is 48.0 Å². The number of imidazole rings is 1. The van der Waals surface area contributed by atoms with Gasteiger partial charge in [0.25, 0.3) is 0 Å². The summed E-state index contributed by atoms with van der Waals surface area (Å²) >= 11 is 0. The molecule has 23 heavy (non-hydrogen) atoms. The molecule has 0 saturated heterocycles. The molecule has 0 fully saturated rings. The Kier molecular flexibility index (Phi) is 4.94. The molecule has 1 aromatic carbocycles. The Morgan fingerprint density at radius 1 is 1.43 bits per heavy atom. The highest BCUT2D eigenvalue weighted by Gasteiger charge is 2.14. The molecule has 10 heteroatoms. The van der Waals surface area contributed by atoms with Crippen molar-refractivity contribution in [3.8, 4) is 0 Å². The van der Waals surface area contributed by atoms with Crippen LogP contribution < -0.4 is 4.72 Å². The Hall–Kier alpha value is -2.49. The highest BCUT2D eigenvalue weighted by Crippen LogP contribution is 2.15. The predicted octanol–water partition coefficient (Wildman–Crippen LogP) is 2.01. The minimum atomic E-state index is -3.48. The first-order valence-electron chi connectivity index (χ1n) is 6.31. The lowest BCUT2D eigenvalue weighted by molar-refractivity contribution is 0.0376. The number of carbonyl (C=O) groups is 1. The number of hydrogen-bond donors (Lipinski definition) is 1. The zero-order chi connectivity index (χ0) is 17.0. The molecule has 0 saturated carbocycles. The first-order valence-corrected chi connectivity index (χ1v) is 8.20. The summed E-state index contributed by atoms with van der Waals surface area (Å²) in [7, 11) is -3.48. The van der Waals surface area contributed by atoms with Crippen molar-refractivity contribution in [2.75, 3.05) is 11.0 Å². The van der Waals surface area contributed by atoms with Crippen molar-refractivity contribution in [2.45, 2.75) is 13.2 Å². The minimum absolute atomic E-state index is 0.0776. The molecule has 0 aliphatic carbocycles. The average Bonchev–Trinajstić information content (AvgIpc) is 2.91. The number of hydrogen-bond acceptors (Lipinski definition) is 5. The Morgan fingerprint density at radius 3 is 2.83 bits per heavy atom. The molecule has 0 aliphatic heterocycles. The molecule has 1 N–H and O–H groups in total. The van der Waals surface area contributed by atoms with Crippen molar-refractivity contribution in [1.82, 2.24) is 9.55 Å². The van der Waals surface area contributed by atoms with E-state index < -0.39 is 29.1 Å². The number of sulfonamides is 1. The van der Waals surface area contributed by atoms with Crippen molar-refractivity contribution < 1.29 is 26.7 Å². The largest absolute Gasteiger partial charge is 0.454 e. The molecule has 2 aromatic rings. The van der Waals surface area contributed by atoms with Crippen LogP contribution in [-0.2, 0) is 21.4 Å². The van der Waals surface area contributed by atoms with Gasteiger partial charge in [-0.3, -0.25) is 9.29 Å². The number of anilines is 1. The van der Waals surface area contributed by atoms with E-state index >= 15 is 0 Å². The van der Waals surface area contributed by atoms with Gasteiger partial charge in [0, 0.05) is 18.1 Å². The number of carbonyl (C=O) groups excluding carboxylic acids is 1. The van der Waals surface area contributed by atoms with Gasteiger partial charge in [0.2, 0.25) is 10.0 Å². The van der Waals surface area contributed by atoms with Crippen LogP contribution >= 0.6 is 0 Å². The Morgan fingerprint density at radius 2 is 2.17 bits per heavy atom. The lowest BCUT2D eigenvalue weighted by Crippen LogP contribution is -2.12. The number of aromatic nitrogens is 2. The minimum Gasteiger partial charge on any atom is -0.454 e. The molecule has 0 unspecified atom stereocenters. The van der Waals surface area contributed by atoms with E-state index in [-0.39, 0.29) is 17.1 Å². The van der Waals surface area contributed by atoms with Crippen molar-refractivity contribution in [3.63, 3.8) is 0 Å². The molecule has 0 spiro atoms. The summed E-state index contributed by atoms with van der Waals surface area (Å²) in [5.74, 6) is -0.885. The maximum Gasteiger partial charge on any atom is 0.338 e. The third-order valence-electron chi connectivity index (χ3n) is 2.69. The Bertz CT molecular complexity index is 805. The summed E-state index contributed by atoms with van der Waals surface area (Å²) in [6.07, 6.45) is 3.22. The van der Waals surface area contributed by atoms with Gasteiger partial charge in [0.15, 0.2) is 5.82 Å². The number of rotatable bonds is 6. The predicted molar refractivity (Wildman–Crippen MR) is 77.5 cm³/mol. The fraction of sp³-hybridized carbons (Fsp3) is 0.231. The topological polar surface area (TPSA) is 90.3 Å². The molecule has 7 nitrogen and oxygen atoms in total. The molecule has 0 aliphatic rings. The van der Waals surface area contributed by atoms with E-state index in [4.69, 9.17) is 4.74 Å². The Balaban J connectivity index is 2.06. The van der Waals surface area contributed by atoms with Crippen LogP contribution in [0.2, 0.25) is 0 Å². The summed E-state index contributed by atoms with van der Waals surface area (Å²) < 4.78 is 55.3. The first-order chi connectivity index (χ1) is 10.8. The van der Waals surface area contributed by atoms with E-state index in [2.05, 4.69) is 9.71 Å². The van der Waals surface area contributed by atoms with Gasteiger partial charge >= 0.3 is 12.5 Å². The summed E-state index contributed by atoms with van der Waals surface area (Å²) in [4.78, 5) is 15.6. The van der Waals surface area contributed by atoms with Gasteiger partial charge in [-0.1, -0.05) is 6.07 Å². The van der Waals surface area contributed by atoms with Crippen LogP contribution in [0.3, 0.4) is 0 Å². The number of alkyl halides is 2. The number of halogens is 2. The number of ether oxygens (including phenoxy) is 1. The SMILES string of the molecule is CS(=O)(=O)Nc1cccc(C(=O)OCc2nccn2C(F)F)c1. The van der Waals surface area contributed by atoms with Gasteiger partial charge in [-0.25, -0.2) is 18.2 Å². The van der Waals surface area contributed by atoms with Crippen LogP contribution in [0.5, 0.6) is 0 Å². The molecule has 0 radical (unpaired) electrons. The van der Waals surface area contributed by atoms with Crippen LogP contribution in [0.4, 0.5) is 14.5 Å². The average molecular weight is 345 g/mol. The number of benzene rings is 1. The Labute approximate surface area is 131 Å². The number of esters is 1. The van der Waals surface area contributed by atoms with Gasteiger partial charge in [-0.15, -0.1) is 0 Å². The van der Waals surface area contributed by atoms with Crippen LogP contribution in [0.25, 0.3) is 0 Å². The van der Waals surface area contributed by atoms with E-state index in [9.17, 15) is 22.0 Å². The van der Waals surface area contributed by atoms with E-state index in [0.29, 0.717) is 4.57 Å². The molecule has 124 valence electrons. The van der Waals surface area contributed by atoms with E-state index in [1.807, 2.05) is 0 Å². The van der Waals surface area contributed by atoms with Crippen LogP contribution in [0.15, 0.2) is 36.7 Å². The van der Waals surface area contributed by atoms with Gasteiger partial charge in [0.05, 0.1) is 11.8 Å². The highest BCUT2D eigenvalue weighted by atomic mass is 32.2. The zero-order valence-corrected chi connectivity index (χ0v) is 12.8. The van der Waals surface area contributed by atoms with E-state index in [1.54, 1.807) is 0 Å². The smallest absolute Gasteiger partial charge is 0.338 e. The summed E-state index contributed by atoms with van der Waals surface area (Å²) in [6.45, 7) is -3.21. The quantitative estimate of drug-likeness (QED) is 0.809. The molecular formula is C13H13F2N3O4S.